The van der Waals surface area contributed by atoms with E-state index in [-0.39, 0.29) is 6.04 Å². The Morgan fingerprint density at radius 1 is 1.17 bits per heavy atom. The molecule has 1 aromatic rings. The van der Waals surface area contributed by atoms with Gasteiger partial charge in [0, 0.05) is 19.7 Å². The van der Waals surface area contributed by atoms with Gasteiger partial charge in [-0.3, -0.25) is 0 Å². The first-order valence-corrected chi connectivity index (χ1v) is 5.90. The fourth-order valence-corrected chi connectivity index (χ4v) is 1.49. The van der Waals surface area contributed by atoms with Crippen molar-refractivity contribution < 1.29 is 18.3 Å². The SMILES string of the molecule is COCCOCCNC(C)c1ccc(F)c(F)c1. The Hall–Kier alpha value is -1.04. The average molecular weight is 259 g/mol. The third kappa shape index (κ3) is 5.08. The maximum Gasteiger partial charge on any atom is 0.159 e. The molecule has 0 spiro atoms. The van der Waals surface area contributed by atoms with Crippen LogP contribution in [0, 0.1) is 11.6 Å². The van der Waals surface area contributed by atoms with E-state index < -0.39 is 11.6 Å². The van der Waals surface area contributed by atoms with E-state index in [1.165, 1.54) is 6.07 Å². The smallest absolute Gasteiger partial charge is 0.159 e. The highest BCUT2D eigenvalue weighted by molar-refractivity contribution is 5.20. The van der Waals surface area contributed by atoms with Gasteiger partial charge in [0.2, 0.25) is 0 Å². The highest BCUT2D eigenvalue weighted by Gasteiger charge is 2.08. The highest BCUT2D eigenvalue weighted by Crippen LogP contribution is 2.15. The Labute approximate surface area is 106 Å². The average Bonchev–Trinajstić information content (AvgIpc) is 2.36. The van der Waals surface area contributed by atoms with Crippen LogP contribution in [-0.2, 0) is 9.47 Å². The van der Waals surface area contributed by atoms with Gasteiger partial charge in [0.15, 0.2) is 11.6 Å². The molecular formula is C13H19F2NO2. The van der Waals surface area contributed by atoms with E-state index >= 15 is 0 Å². The summed E-state index contributed by atoms with van der Waals surface area (Å²) in [5.74, 6) is -1.65. The van der Waals surface area contributed by atoms with Gasteiger partial charge in [0.25, 0.3) is 0 Å². The number of benzene rings is 1. The van der Waals surface area contributed by atoms with Crippen molar-refractivity contribution in [2.45, 2.75) is 13.0 Å². The molecule has 0 fully saturated rings. The van der Waals surface area contributed by atoms with Gasteiger partial charge >= 0.3 is 0 Å². The molecule has 0 heterocycles. The van der Waals surface area contributed by atoms with Crippen LogP contribution in [0.1, 0.15) is 18.5 Å². The maximum absolute atomic E-state index is 13.0. The normalized spacial score (nSPS) is 12.7. The summed E-state index contributed by atoms with van der Waals surface area (Å²) in [6.45, 7) is 4.21. The molecule has 102 valence electrons. The van der Waals surface area contributed by atoms with E-state index in [1.54, 1.807) is 13.2 Å². The van der Waals surface area contributed by atoms with Crippen molar-refractivity contribution in [1.82, 2.24) is 5.32 Å². The first kappa shape index (κ1) is 15.0. The third-order valence-electron chi connectivity index (χ3n) is 2.57. The molecule has 1 atom stereocenters. The Morgan fingerprint density at radius 3 is 2.61 bits per heavy atom. The monoisotopic (exact) mass is 259 g/mol. The number of methoxy groups -OCH3 is 1. The molecule has 0 aliphatic rings. The quantitative estimate of drug-likeness (QED) is 0.726. The predicted octanol–water partition coefficient (Wildman–Crippen LogP) is 2.28. The summed E-state index contributed by atoms with van der Waals surface area (Å²) < 4.78 is 35.9. The van der Waals surface area contributed by atoms with Crippen molar-refractivity contribution in [2.24, 2.45) is 0 Å². The zero-order valence-corrected chi connectivity index (χ0v) is 10.7. The van der Waals surface area contributed by atoms with E-state index in [4.69, 9.17) is 9.47 Å². The van der Waals surface area contributed by atoms with Crippen LogP contribution in [0.2, 0.25) is 0 Å². The third-order valence-corrected chi connectivity index (χ3v) is 2.57. The molecule has 5 heteroatoms. The molecule has 0 radical (unpaired) electrons. The van der Waals surface area contributed by atoms with Crippen LogP contribution in [0.15, 0.2) is 18.2 Å². The number of nitrogens with one attached hydrogen (secondary N) is 1. The maximum atomic E-state index is 13.0. The summed E-state index contributed by atoms with van der Waals surface area (Å²) in [6.07, 6.45) is 0. The molecule has 3 nitrogen and oxygen atoms in total. The number of halogens is 2. The van der Waals surface area contributed by atoms with Crippen molar-refractivity contribution in [3.63, 3.8) is 0 Å². The molecule has 0 amide bonds. The molecule has 0 saturated heterocycles. The zero-order valence-electron chi connectivity index (χ0n) is 10.7. The lowest BCUT2D eigenvalue weighted by molar-refractivity contribution is 0.0712. The van der Waals surface area contributed by atoms with Gasteiger partial charge in [-0.15, -0.1) is 0 Å². The van der Waals surface area contributed by atoms with Gasteiger partial charge in [-0.25, -0.2) is 8.78 Å². The summed E-state index contributed by atoms with van der Waals surface area (Å²) in [5, 5.41) is 3.17. The Morgan fingerprint density at radius 2 is 1.94 bits per heavy atom. The zero-order chi connectivity index (χ0) is 13.4. The van der Waals surface area contributed by atoms with Crippen molar-refractivity contribution in [1.29, 1.82) is 0 Å². The molecule has 0 aliphatic heterocycles. The first-order chi connectivity index (χ1) is 8.65. The van der Waals surface area contributed by atoms with Crippen molar-refractivity contribution in [3.05, 3.63) is 35.4 Å². The van der Waals surface area contributed by atoms with Crippen LogP contribution < -0.4 is 5.32 Å². The van der Waals surface area contributed by atoms with E-state index in [0.29, 0.717) is 31.9 Å². The van der Waals surface area contributed by atoms with Gasteiger partial charge in [0.05, 0.1) is 19.8 Å². The minimum absolute atomic E-state index is 0.0499. The van der Waals surface area contributed by atoms with Crippen LogP contribution in [0.4, 0.5) is 8.78 Å². The Kier molecular flexibility index (Phi) is 6.78. The number of hydrogen-bond donors (Lipinski definition) is 1. The molecular weight excluding hydrogens is 240 g/mol. The van der Waals surface area contributed by atoms with Crippen molar-refractivity contribution in [3.8, 4) is 0 Å². The summed E-state index contributed by atoms with van der Waals surface area (Å²) in [5.41, 5.74) is 0.714. The lowest BCUT2D eigenvalue weighted by Gasteiger charge is -2.14. The molecule has 1 aromatic carbocycles. The minimum Gasteiger partial charge on any atom is -0.382 e. The molecule has 18 heavy (non-hydrogen) atoms. The molecule has 0 aliphatic carbocycles. The second-order valence-corrected chi connectivity index (χ2v) is 3.95. The van der Waals surface area contributed by atoms with Crippen molar-refractivity contribution >= 4 is 0 Å². The lowest BCUT2D eigenvalue weighted by atomic mass is 10.1. The van der Waals surface area contributed by atoms with E-state index in [9.17, 15) is 8.78 Å². The number of ether oxygens (including phenoxy) is 2. The summed E-state index contributed by atoms with van der Waals surface area (Å²) in [7, 11) is 1.62. The summed E-state index contributed by atoms with van der Waals surface area (Å²) >= 11 is 0. The largest absolute Gasteiger partial charge is 0.382 e. The molecule has 0 aromatic heterocycles. The van der Waals surface area contributed by atoms with E-state index in [2.05, 4.69) is 5.32 Å². The van der Waals surface area contributed by atoms with E-state index in [1.807, 2.05) is 6.92 Å². The Balaban J connectivity index is 2.27. The highest BCUT2D eigenvalue weighted by atomic mass is 19.2. The molecule has 1 N–H and O–H groups in total. The summed E-state index contributed by atoms with van der Waals surface area (Å²) in [6, 6.07) is 3.87. The van der Waals surface area contributed by atoms with Crippen LogP contribution in [-0.4, -0.2) is 33.5 Å². The first-order valence-electron chi connectivity index (χ1n) is 5.90. The fraction of sp³-hybridized carbons (Fsp3) is 0.538. The Bertz CT molecular complexity index is 361. The molecule has 1 rings (SSSR count). The van der Waals surface area contributed by atoms with Crippen molar-refractivity contribution in [2.75, 3.05) is 33.5 Å². The lowest BCUT2D eigenvalue weighted by Crippen LogP contribution is -2.24. The van der Waals surface area contributed by atoms with Crippen LogP contribution in [0.5, 0.6) is 0 Å². The summed E-state index contributed by atoms with van der Waals surface area (Å²) in [4.78, 5) is 0. The van der Waals surface area contributed by atoms with E-state index in [0.717, 1.165) is 6.07 Å². The second kappa shape index (κ2) is 8.13. The minimum atomic E-state index is -0.825. The number of rotatable bonds is 8. The van der Waals surface area contributed by atoms with Gasteiger partial charge < -0.3 is 14.8 Å². The second-order valence-electron chi connectivity index (χ2n) is 3.95. The molecule has 1 unspecified atom stereocenters. The topological polar surface area (TPSA) is 30.5 Å². The van der Waals surface area contributed by atoms with Crippen LogP contribution in [0.3, 0.4) is 0 Å². The van der Waals surface area contributed by atoms with Crippen LogP contribution >= 0.6 is 0 Å². The van der Waals surface area contributed by atoms with Gasteiger partial charge in [-0.1, -0.05) is 6.07 Å². The standard InChI is InChI=1S/C13H19F2NO2/c1-10(16-5-6-18-8-7-17-2)11-3-4-12(14)13(15)9-11/h3-4,9-10,16H,5-8H2,1-2H3. The van der Waals surface area contributed by atoms with Gasteiger partial charge in [-0.05, 0) is 24.6 Å². The molecule has 0 bridgehead atoms. The van der Waals surface area contributed by atoms with Gasteiger partial charge in [-0.2, -0.15) is 0 Å². The number of hydrogen-bond acceptors (Lipinski definition) is 3. The van der Waals surface area contributed by atoms with Gasteiger partial charge in [0.1, 0.15) is 0 Å². The predicted molar refractivity (Wildman–Crippen MR) is 65.5 cm³/mol. The molecule has 0 saturated carbocycles. The van der Waals surface area contributed by atoms with Crippen LogP contribution in [0.25, 0.3) is 0 Å². The fourth-order valence-electron chi connectivity index (χ4n) is 1.49.